The van der Waals surface area contributed by atoms with Gasteiger partial charge in [-0.15, -0.1) is 0 Å². The van der Waals surface area contributed by atoms with Crippen LogP contribution in [0.25, 0.3) is 0 Å². The van der Waals surface area contributed by atoms with E-state index in [1.165, 1.54) is 12.1 Å². The third-order valence-corrected chi connectivity index (χ3v) is 3.88. The highest BCUT2D eigenvalue weighted by molar-refractivity contribution is 5.81. The van der Waals surface area contributed by atoms with Crippen LogP contribution in [0.1, 0.15) is 30.4 Å². The highest BCUT2D eigenvalue weighted by atomic mass is 19.4. The number of morpholine rings is 1. The maximum Gasteiger partial charge on any atom is 0.416 e. The molecule has 0 saturated carbocycles. The number of amides is 1. The average molecular weight is 330 g/mol. The maximum atomic E-state index is 12.7. The summed E-state index contributed by atoms with van der Waals surface area (Å²) in [6.45, 7) is 3.96. The van der Waals surface area contributed by atoms with Crippen LogP contribution < -0.4 is 10.6 Å². The second-order valence-corrected chi connectivity index (χ2v) is 5.67. The Morgan fingerprint density at radius 3 is 2.91 bits per heavy atom. The minimum absolute atomic E-state index is 0.0806. The molecule has 2 N–H and O–H groups in total. The van der Waals surface area contributed by atoms with Gasteiger partial charge in [-0.05, 0) is 24.0 Å². The molecule has 7 heteroatoms. The SMILES string of the molecule is CC(CCNC(=O)C1CNCCO1)c1cccc(C(F)(F)F)c1. The number of rotatable bonds is 5. The summed E-state index contributed by atoms with van der Waals surface area (Å²) >= 11 is 0. The molecule has 1 aromatic carbocycles. The molecule has 23 heavy (non-hydrogen) atoms. The zero-order valence-electron chi connectivity index (χ0n) is 13.0. The van der Waals surface area contributed by atoms with Gasteiger partial charge in [0.15, 0.2) is 0 Å². The molecule has 1 amide bonds. The van der Waals surface area contributed by atoms with Crippen molar-refractivity contribution < 1.29 is 22.7 Å². The molecule has 0 radical (unpaired) electrons. The first-order valence-corrected chi connectivity index (χ1v) is 7.65. The lowest BCUT2D eigenvalue weighted by Crippen LogP contribution is -2.48. The van der Waals surface area contributed by atoms with Gasteiger partial charge in [0, 0.05) is 19.6 Å². The standard InChI is InChI=1S/C16H21F3N2O2/c1-11(12-3-2-4-13(9-12)16(17,18)19)5-6-21-15(22)14-10-20-7-8-23-14/h2-4,9,11,14,20H,5-8,10H2,1H3,(H,21,22). The number of alkyl halides is 3. The van der Waals surface area contributed by atoms with Crippen LogP contribution in [0, 0.1) is 0 Å². The molecule has 2 atom stereocenters. The predicted molar refractivity (Wildman–Crippen MR) is 80.1 cm³/mol. The minimum atomic E-state index is -4.34. The second-order valence-electron chi connectivity index (χ2n) is 5.67. The molecule has 2 unspecified atom stereocenters. The van der Waals surface area contributed by atoms with E-state index in [0.717, 1.165) is 12.6 Å². The van der Waals surface area contributed by atoms with Crippen molar-refractivity contribution in [3.8, 4) is 0 Å². The van der Waals surface area contributed by atoms with Crippen LogP contribution in [0.2, 0.25) is 0 Å². The van der Waals surface area contributed by atoms with Gasteiger partial charge in [-0.2, -0.15) is 13.2 Å². The van der Waals surface area contributed by atoms with Crippen molar-refractivity contribution in [2.24, 2.45) is 0 Å². The molecule has 128 valence electrons. The van der Waals surface area contributed by atoms with Crippen LogP contribution in [0.4, 0.5) is 13.2 Å². The Morgan fingerprint density at radius 1 is 1.48 bits per heavy atom. The molecule has 0 aromatic heterocycles. The van der Waals surface area contributed by atoms with Crippen LogP contribution >= 0.6 is 0 Å². The fraction of sp³-hybridized carbons (Fsp3) is 0.562. The van der Waals surface area contributed by atoms with Crippen molar-refractivity contribution in [2.75, 3.05) is 26.2 Å². The molecule has 4 nitrogen and oxygen atoms in total. The van der Waals surface area contributed by atoms with Gasteiger partial charge in [-0.25, -0.2) is 0 Å². The Bertz CT molecular complexity index is 528. The van der Waals surface area contributed by atoms with E-state index in [1.54, 1.807) is 6.07 Å². The number of benzene rings is 1. The van der Waals surface area contributed by atoms with Crippen LogP contribution in [0.3, 0.4) is 0 Å². The topological polar surface area (TPSA) is 50.4 Å². The number of nitrogens with one attached hydrogen (secondary N) is 2. The summed E-state index contributed by atoms with van der Waals surface area (Å²) in [6, 6.07) is 5.32. The number of ether oxygens (including phenoxy) is 1. The zero-order valence-corrected chi connectivity index (χ0v) is 13.0. The third-order valence-electron chi connectivity index (χ3n) is 3.88. The molecule has 1 aromatic rings. The van der Waals surface area contributed by atoms with Gasteiger partial charge in [-0.1, -0.05) is 25.1 Å². The number of halogens is 3. The lowest BCUT2D eigenvalue weighted by atomic mass is 9.96. The van der Waals surface area contributed by atoms with Crippen LogP contribution in [-0.4, -0.2) is 38.3 Å². The van der Waals surface area contributed by atoms with Crippen molar-refractivity contribution in [3.05, 3.63) is 35.4 Å². The largest absolute Gasteiger partial charge is 0.416 e. The first kappa shape index (κ1) is 17.7. The molecule has 2 rings (SSSR count). The molecule has 1 aliphatic heterocycles. The molecule has 1 aliphatic rings. The number of carbonyl (C=O) groups excluding carboxylic acids is 1. The van der Waals surface area contributed by atoms with Gasteiger partial charge >= 0.3 is 6.18 Å². The van der Waals surface area contributed by atoms with Gasteiger partial charge in [-0.3, -0.25) is 4.79 Å². The highest BCUT2D eigenvalue weighted by Crippen LogP contribution is 2.31. The van der Waals surface area contributed by atoms with Crippen molar-refractivity contribution in [1.82, 2.24) is 10.6 Å². The molecule has 0 spiro atoms. The van der Waals surface area contributed by atoms with Crippen molar-refractivity contribution in [1.29, 1.82) is 0 Å². The molecular formula is C16H21F3N2O2. The summed E-state index contributed by atoms with van der Waals surface area (Å²) in [6.07, 6.45) is -4.27. The molecular weight excluding hydrogens is 309 g/mol. The molecule has 1 heterocycles. The van der Waals surface area contributed by atoms with E-state index in [9.17, 15) is 18.0 Å². The van der Waals surface area contributed by atoms with Crippen LogP contribution in [0.15, 0.2) is 24.3 Å². The molecule has 1 fully saturated rings. The summed E-state index contributed by atoms with van der Waals surface area (Å²) in [5, 5.41) is 5.84. The first-order valence-electron chi connectivity index (χ1n) is 7.65. The average Bonchev–Trinajstić information content (AvgIpc) is 2.54. The fourth-order valence-electron chi connectivity index (χ4n) is 2.45. The molecule has 0 bridgehead atoms. The zero-order chi connectivity index (χ0) is 16.9. The van der Waals surface area contributed by atoms with Crippen LogP contribution in [0.5, 0.6) is 0 Å². The van der Waals surface area contributed by atoms with Gasteiger partial charge < -0.3 is 15.4 Å². The Kier molecular flexibility index (Phi) is 6.01. The summed E-state index contributed by atoms with van der Waals surface area (Å²) in [7, 11) is 0. The van der Waals surface area contributed by atoms with Crippen molar-refractivity contribution in [3.63, 3.8) is 0 Å². The Labute approximate surface area is 133 Å². The maximum absolute atomic E-state index is 12.7. The van der Waals surface area contributed by atoms with E-state index >= 15 is 0 Å². The molecule has 0 aliphatic carbocycles. The summed E-state index contributed by atoms with van der Waals surface area (Å²) in [5.74, 6) is -0.267. The van der Waals surface area contributed by atoms with Gasteiger partial charge in [0.25, 0.3) is 0 Å². The van der Waals surface area contributed by atoms with Gasteiger partial charge in [0.2, 0.25) is 5.91 Å². The molecule has 1 saturated heterocycles. The van der Waals surface area contributed by atoms with E-state index in [1.807, 2.05) is 6.92 Å². The van der Waals surface area contributed by atoms with Gasteiger partial charge in [0.1, 0.15) is 6.10 Å². The Hall–Kier alpha value is -1.60. The predicted octanol–water partition coefficient (Wildman–Crippen LogP) is 2.30. The normalized spacial score (nSPS) is 20.1. The van der Waals surface area contributed by atoms with E-state index < -0.39 is 17.8 Å². The Morgan fingerprint density at radius 2 is 2.26 bits per heavy atom. The number of hydrogen-bond donors (Lipinski definition) is 2. The summed E-state index contributed by atoms with van der Waals surface area (Å²) < 4.78 is 43.5. The smallest absolute Gasteiger partial charge is 0.366 e. The minimum Gasteiger partial charge on any atom is -0.366 e. The van der Waals surface area contributed by atoms with E-state index in [-0.39, 0.29) is 11.8 Å². The van der Waals surface area contributed by atoms with Crippen molar-refractivity contribution in [2.45, 2.75) is 31.5 Å². The van der Waals surface area contributed by atoms with E-state index in [4.69, 9.17) is 4.74 Å². The summed E-state index contributed by atoms with van der Waals surface area (Å²) in [4.78, 5) is 11.9. The van der Waals surface area contributed by atoms with E-state index in [0.29, 0.717) is 31.7 Å². The third kappa shape index (κ3) is 5.21. The monoisotopic (exact) mass is 330 g/mol. The van der Waals surface area contributed by atoms with Crippen molar-refractivity contribution >= 4 is 5.91 Å². The highest BCUT2D eigenvalue weighted by Gasteiger charge is 2.30. The quantitative estimate of drug-likeness (QED) is 0.871. The summed E-state index contributed by atoms with van der Waals surface area (Å²) in [5.41, 5.74) is -0.0303. The lowest BCUT2D eigenvalue weighted by molar-refractivity contribution is -0.137. The fourth-order valence-corrected chi connectivity index (χ4v) is 2.45. The number of hydrogen-bond acceptors (Lipinski definition) is 3. The Balaban J connectivity index is 1.82. The van der Waals surface area contributed by atoms with E-state index in [2.05, 4.69) is 10.6 Å². The van der Waals surface area contributed by atoms with Gasteiger partial charge in [0.05, 0.1) is 12.2 Å². The van der Waals surface area contributed by atoms with Crippen LogP contribution in [-0.2, 0) is 15.7 Å². The second kappa shape index (κ2) is 7.79. The first-order chi connectivity index (χ1) is 10.9. The lowest BCUT2D eigenvalue weighted by Gasteiger charge is -2.23. The number of carbonyl (C=O) groups is 1.